The van der Waals surface area contributed by atoms with Crippen LogP contribution in [0.4, 0.5) is 0 Å². The first-order valence-electron chi connectivity index (χ1n) is 6.78. The fourth-order valence-electron chi connectivity index (χ4n) is 2.35. The largest absolute Gasteiger partial charge is 0.373 e. The lowest BCUT2D eigenvalue weighted by atomic mass is 9.98. The Morgan fingerprint density at radius 1 is 1.17 bits per heavy atom. The Labute approximate surface area is 110 Å². The van der Waals surface area contributed by atoms with Gasteiger partial charge >= 0.3 is 0 Å². The molecule has 0 bridgehead atoms. The number of ether oxygens (including phenoxy) is 1. The molecule has 2 N–H and O–H groups in total. The topological polar surface area (TPSA) is 35.2 Å². The summed E-state index contributed by atoms with van der Waals surface area (Å²) in [6.45, 7) is 1.07. The van der Waals surface area contributed by atoms with Gasteiger partial charge in [-0.15, -0.1) is 0 Å². The second-order valence-corrected chi connectivity index (χ2v) is 4.73. The van der Waals surface area contributed by atoms with E-state index >= 15 is 0 Å². The van der Waals surface area contributed by atoms with E-state index in [-0.39, 0.29) is 0 Å². The van der Waals surface area contributed by atoms with Crippen molar-refractivity contribution >= 4 is 0 Å². The van der Waals surface area contributed by atoms with Crippen molar-refractivity contribution in [3.8, 4) is 11.8 Å². The molecule has 0 atom stereocenters. The molecular formula is C16H21NO. The highest BCUT2D eigenvalue weighted by atomic mass is 16.5. The average Bonchev–Trinajstić information content (AvgIpc) is 2.45. The molecule has 0 heterocycles. The molecule has 2 nitrogen and oxygen atoms in total. The molecule has 2 heteroatoms. The highest BCUT2D eigenvalue weighted by molar-refractivity contribution is 5.41. The summed E-state index contributed by atoms with van der Waals surface area (Å²) in [6.07, 6.45) is 6.82. The van der Waals surface area contributed by atoms with Crippen LogP contribution in [-0.2, 0) is 11.3 Å². The van der Waals surface area contributed by atoms with Crippen molar-refractivity contribution in [1.29, 1.82) is 0 Å². The molecule has 1 aromatic carbocycles. The Kier molecular flexibility index (Phi) is 5.26. The van der Waals surface area contributed by atoms with E-state index in [9.17, 15) is 0 Å². The van der Waals surface area contributed by atoms with Gasteiger partial charge in [-0.05, 0) is 24.5 Å². The zero-order valence-electron chi connectivity index (χ0n) is 10.8. The molecule has 0 unspecified atom stereocenters. The van der Waals surface area contributed by atoms with Crippen LogP contribution in [0, 0.1) is 11.8 Å². The van der Waals surface area contributed by atoms with Gasteiger partial charge in [0.25, 0.3) is 0 Å². The standard InChI is InChI=1S/C16H21NO/c17-12-6-9-14-7-4-5-8-15(14)13-18-16-10-2-1-3-11-16/h4-5,7-8,16H,1-3,10-13,17H2. The molecule has 0 aliphatic heterocycles. The number of nitrogens with two attached hydrogens (primary N) is 1. The maximum Gasteiger partial charge on any atom is 0.0732 e. The van der Waals surface area contributed by atoms with Crippen LogP contribution in [0.25, 0.3) is 0 Å². The maximum atomic E-state index is 5.99. The summed E-state index contributed by atoms with van der Waals surface area (Å²) in [5.41, 5.74) is 7.62. The first-order valence-corrected chi connectivity index (χ1v) is 6.78. The third kappa shape index (κ3) is 3.87. The summed E-state index contributed by atoms with van der Waals surface area (Å²) in [6, 6.07) is 8.16. The van der Waals surface area contributed by atoms with E-state index < -0.39 is 0 Å². The second kappa shape index (κ2) is 7.20. The van der Waals surface area contributed by atoms with Crippen molar-refractivity contribution in [3.63, 3.8) is 0 Å². The van der Waals surface area contributed by atoms with Crippen LogP contribution >= 0.6 is 0 Å². The van der Waals surface area contributed by atoms with Gasteiger partial charge in [0.15, 0.2) is 0 Å². The Hall–Kier alpha value is -1.30. The van der Waals surface area contributed by atoms with Gasteiger partial charge in [-0.2, -0.15) is 0 Å². The van der Waals surface area contributed by atoms with Crippen LogP contribution in [-0.4, -0.2) is 12.6 Å². The predicted molar refractivity (Wildman–Crippen MR) is 74.0 cm³/mol. The summed E-state index contributed by atoms with van der Waals surface area (Å²) in [5, 5.41) is 0. The highest BCUT2D eigenvalue weighted by Gasteiger charge is 2.13. The quantitative estimate of drug-likeness (QED) is 0.828. The first-order chi connectivity index (χ1) is 8.90. The third-order valence-electron chi connectivity index (χ3n) is 3.37. The zero-order chi connectivity index (χ0) is 12.6. The lowest BCUT2D eigenvalue weighted by Crippen LogP contribution is -2.16. The summed E-state index contributed by atoms with van der Waals surface area (Å²) in [5.74, 6) is 6.01. The molecular weight excluding hydrogens is 222 g/mol. The van der Waals surface area contributed by atoms with Crippen LogP contribution < -0.4 is 5.73 Å². The van der Waals surface area contributed by atoms with E-state index in [0.29, 0.717) is 19.3 Å². The Bertz CT molecular complexity index is 424. The van der Waals surface area contributed by atoms with Crippen LogP contribution in [0.5, 0.6) is 0 Å². The molecule has 0 aromatic heterocycles. The highest BCUT2D eigenvalue weighted by Crippen LogP contribution is 2.21. The van der Waals surface area contributed by atoms with Gasteiger partial charge in [-0.25, -0.2) is 0 Å². The first kappa shape index (κ1) is 13.1. The van der Waals surface area contributed by atoms with Crippen LogP contribution in [0.15, 0.2) is 24.3 Å². The molecule has 1 saturated carbocycles. The number of hydrogen-bond acceptors (Lipinski definition) is 2. The van der Waals surface area contributed by atoms with E-state index in [1.54, 1.807) is 0 Å². The molecule has 18 heavy (non-hydrogen) atoms. The molecule has 0 spiro atoms. The van der Waals surface area contributed by atoms with Crippen LogP contribution in [0.3, 0.4) is 0 Å². The van der Waals surface area contributed by atoms with Crippen LogP contribution in [0.2, 0.25) is 0 Å². The van der Waals surface area contributed by atoms with Crippen molar-refractivity contribution in [2.24, 2.45) is 5.73 Å². The molecule has 1 aliphatic carbocycles. The van der Waals surface area contributed by atoms with Crippen molar-refractivity contribution in [3.05, 3.63) is 35.4 Å². The molecule has 96 valence electrons. The van der Waals surface area contributed by atoms with Gasteiger partial charge in [-0.3, -0.25) is 0 Å². The minimum atomic E-state index is 0.401. The van der Waals surface area contributed by atoms with E-state index in [1.165, 1.54) is 37.7 Å². The minimum Gasteiger partial charge on any atom is -0.373 e. The molecule has 1 fully saturated rings. The van der Waals surface area contributed by atoms with Crippen LogP contribution in [0.1, 0.15) is 43.2 Å². The lowest BCUT2D eigenvalue weighted by molar-refractivity contribution is 0.0168. The number of hydrogen-bond donors (Lipinski definition) is 1. The molecule has 0 saturated heterocycles. The van der Waals surface area contributed by atoms with Gasteiger partial charge in [-0.1, -0.05) is 49.3 Å². The fourth-order valence-corrected chi connectivity index (χ4v) is 2.35. The van der Waals surface area contributed by atoms with Crippen molar-refractivity contribution in [2.45, 2.75) is 44.8 Å². The average molecular weight is 243 g/mol. The summed E-state index contributed by atoms with van der Waals surface area (Å²) < 4.78 is 5.99. The maximum absolute atomic E-state index is 5.99. The van der Waals surface area contributed by atoms with E-state index in [1.807, 2.05) is 18.2 Å². The van der Waals surface area contributed by atoms with Gasteiger partial charge < -0.3 is 10.5 Å². The van der Waals surface area contributed by atoms with Gasteiger partial charge in [0.2, 0.25) is 0 Å². The Balaban J connectivity index is 1.95. The molecule has 1 aromatic rings. The minimum absolute atomic E-state index is 0.401. The third-order valence-corrected chi connectivity index (χ3v) is 3.37. The molecule has 0 amide bonds. The van der Waals surface area contributed by atoms with E-state index in [2.05, 4.69) is 17.9 Å². The van der Waals surface area contributed by atoms with Gasteiger partial charge in [0, 0.05) is 5.56 Å². The molecule has 0 radical (unpaired) electrons. The SMILES string of the molecule is NCC#Cc1ccccc1COC1CCCCC1. The Morgan fingerprint density at radius 3 is 2.72 bits per heavy atom. The van der Waals surface area contributed by atoms with Gasteiger partial charge in [0.1, 0.15) is 0 Å². The number of rotatable bonds is 3. The van der Waals surface area contributed by atoms with Crippen molar-refractivity contribution in [1.82, 2.24) is 0 Å². The lowest BCUT2D eigenvalue weighted by Gasteiger charge is -2.22. The molecule has 1 aliphatic rings. The summed E-state index contributed by atoms with van der Waals surface area (Å²) >= 11 is 0. The van der Waals surface area contributed by atoms with Crippen molar-refractivity contribution < 1.29 is 4.74 Å². The zero-order valence-corrected chi connectivity index (χ0v) is 10.8. The normalized spacial score (nSPS) is 16.1. The second-order valence-electron chi connectivity index (χ2n) is 4.73. The van der Waals surface area contributed by atoms with E-state index in [4.69, 9.17) is 10.5 Å². The van der Waals surface area contributed by atoms with E-state index in [0.717, 1.165) is 5.56 Å². The predicted octanol–water partition coefficient (Wildman–Crippen LogP) is 2.85. The summed E-state index contributed by atoms with van der Waals surface area (Å²) in [4.78, 5) is 0. The van der Waals surface area contributed by atoms with Crippen molar-refractivity contribution in [2.75, 3.05) is 6.54 Å². The number of benzene rings is 1. The fraction of sp³-hybridized carbons (Fsp3) is 0.500. The Morgan fingerprint density at radius 2 is 1.94 bits per heavy atom. The van der Waals surface area contributed by atoms with Gasteiger partial charge in [0.05, 0.1) is 19.3 Å². The molecule has 2 rings (SSSR count). The smallest absolute Gasteiger partial charge is 0.0732 e. The summed E-state index contributed by atoms with van der Waals surface area (Å²) in [7, 11) is 0. The monoisotopic (exact) mass is 243 g/mol.